The van der Waals surface area contributed by atoms with E-state index >= 15 is 0 Å². The number of ether oxygens (including phenoxy) is 1. The van der Waals surface area contributed by atoms with Crippen molar-refractivity contribution in [3.05, 3.63) is 65.2 Å². The van der Waals surface area contributed by atoms with Gasteiger partial charge in [-0.2, -0.15) is 0 Å². The van der Waals surface area contributed by atoms with E-state index in [1.807, 2.05) is 0 Å². The number of benzene rings is 2. The summed E-state index contributed by atoms with van der Waals surface area (Å²) in [6.07, 6.45) is 0. The Bertz CT molecular complexity index is 632. The van der Waals surface area contributed by atoms with Crippen LogP contribution < -0.4 is 4.74 Å². The summed E-state index contributed by atoms with van der Waals surface area (Å²) in [5.41, 5.74) is 0.892. The number of aromatic carboxylic acids is 1. The van der Waals surface area contributed by atoms with E-state index in [2.05, 4.69) is 0 Å². The smallest absolute Gasteiger partial charge is 0.335 e. The molecule has 0 spiro atoms. The number of carbonyl (C=O) groups excluding carboxylic acids is 1. The molecule has 0 fully saturated rings. The average Bonchev–Trinajstić information content (AvgIpc) is 2.46. The lowest BCUT2D eigenvalue weighted by molar-refractivity contribution is 0.0697. The number of hydrogen-bond acceptors (Lipinski definition) is 3. The fourth-order valence-electron chi connectivity index (χ4n) is 1.72. The van der Waals surface area contributed by atoms with Crippen LogP contribution in [-0.2, 0) is 0 Å². The normalized spacial score (nSPS) is 9.95. The van der Waals surface area contributed by atoms with Crippen molar-refractivity contribution in [1.29, 1.82) is 0 Å². The van der Waals surface area contributed by atoms with Crippen molar-refractivity contribution in [2.45, 2.75) is 0 Å². The second kappa shape index (κ2) is 5.35. The van der Waals surface area contributed by atoms with E-state index in [-0.39, 0.29) is 11.3 Å². The molecule has 0 unspecified atom stereocenters. The Morgan fingerprint density at radius 2 is 1.53 bits per heavy atom. The molecule has 0 aromatic heterocycles. The Morgan fingerprint density at radius 1 is 0.947 bits per heavy atom. The van der Waals surface area contributed by atoms with Crippen LogP contribution >= 0.6 is 0 Å². The van der Waals surface area contributed by atoms with Gasteiger partial charge in [0.25, 0.3) is 0 Å². The maximum absolute atomic E-state index is 12.2. The summed E-state index contributed by atoms with van der Waals surface area (Å²) in [7, 11) is 1.52. The number of rotatable bonds is 4. The average molecular weight is 256 g/mol. The molecule has 0 aliphatic rings. The van der Waals surface area contributed by atoms with E-state index in [1.165, 1.54) is 19.2 Å². The number of methoxy groups -OCH3 is 1. The van der Waals surface area contributed by atoms with Gasteiger partial charge in [0.1, 0.15) is 5.75 Å². The SMILES string of the molecule is COc1cccc(C(=O)c2cccc(C(=O)O)c2)c1. The summed E-state index contributed by atoms with van der Waals surface area (Å²) < 4.78 is 5.06. The summed E-state index contributed by atoms with van der Waals surface area (Å²) in [5.74, 6) is -0.706. The van der Waals surface area contributed by atoms with Gasteiger partial charge < -0.3 is 9.84 Å². The van der Waals surface area contributed by atoms with Crippen LogP contribution in [0, 0.1) is 0 Å². The zero-order valence-electron chi connectivity index (χ0n) is 10.3. The third-order valence-electron chi connectivity index (χ3n) is 2.70. The van der Waals surface area contributed by atoms with Crippen LogP contribution in [0.1, 0.15) is 26.3 Å². The second-order valence-electron chi connectivity index (χ2n) is 3.95. The third-order valence-corrected chi connectivity index (χ3v) is 2.70. The maximum Gasteiger partial charge on any atom is 0.335 e. The molecular formula is C15H12O4. The van der Waals surface area contributed by atoms with Crippen LogP contribution in [0.25, 0.3) is 0 Å². The summed E-state index contributed by atoms with van der Waals surface area (Å²) >= 11 is 0. The molecule has 0 aliphatic carbocycles. The lowest BCUT2D eigenvalue weighted by Crippen LogP contribution is -2.04. The number of carbonyl (C=O) groups is 2. The maximum atomic E-state index is 12.2. The predicted molar refractivity (Wildman–Crippen MR) is 69.8 cm³/mol. The molecular weight excluding hydrogens is 244 g/mol. The predicted octanol–water partition coefficient (Wildman–Crippen LogP) is 2.62. The van der Waals surface area contributed by atoms with Gasteiger partial charge in [-0.25, -0.2) is 4.79 Å². The van der Waals surface area contributed by atoms with E-state index in [0.717, 1.165) is 0 Å². The molecule has 0 atom stereocenters. The molecule has 1 N–H and O–H groups in total. The highest BCUT2D eigenvalue weighted by molar-refractivity contribution is 6.10. The Kier molecular flexibility index (Phi) is 3.61. The zero-order chi connectivity index (χ0) is 13.8. The molecule has 4 nitrogen and oxygen atoms in total. The van der Waals surface area contributed by atoms with Crippen LogP contribution in [0.3, 0.4) is 0 Å². The van der Waals surface area contributed by atoms with E-state index < -0.39 is 5.97 Å². The van der Waals surface area contributed by atoms with Crippen molar-refractivity contribution in [3.63, 3.8) is 0 Å². The monoisotopic (exact) mass is 256 g/mol. The lowest BCUT2D eigenvalue weighted by atomic mass is 10.0. The van der Waals surface area contributed by atoms with Crippen molar-refractivity contribution in [2.24, 2.45) is 0 Å². The van der Waals surface area contributed by atoms with Crippen molar-refractivity contribution < 1.29 is 19.4 Å². The van der Waals surface area contributed by atoms with Crippen molar-refractivity contribution >= 4 is 11.8 Å². The molecule has 4 heteroatoms. The second-order valence-corrected chi connectivity index (χ2v) is 3.95. The minimum Gasteiger partial charge on any atom is -0.497 e. The molecule has 2 aromatic carbocycles. The molecule has 0 bridgehead atoms. The van der Waals surface area contributed by atoms with Crippen LogP contribution in [0.5, 0.6) is 5.75 Å². The molecule has 0 aliphatic heterocycles. The fourth-order valence-corrected chi connectivity index (χ4v) is 1.72. The van der Waals surface area contributed by atoms with Crippen molar-refractivity contribution in [3.8, 4) is 5.75 Å². The largest absolute Gasteiger partial charge is 0.497 e. The van der Waals surface area contributed by atoms with E-state index in [0.29, 0.717) is 16.9 Å². The summed E-state index contributed by atoms with van der Waals surface area (Å²) in [6, 6.07) is 12.7. The molecule has 96 valence electrons. The number of carboxylic acid groups (broad SMARTS) is 1. The van der Waals surface area contributed by atoms with Crippen LogP contribution in [0.4, 0.5) is 0 Å². The Hall–Kier alpha value is -2.62. The van der Waals surface area contributed by atoms with Gasteiger partial charge in [0.05, 0.1) is 12.7 Å². The molecule has 0 saturated carbocycles. The van der Waals surface area contributed by atoms with E-state index in [9.17, 15) is 9.59 Å². The number of carboxylic acids is 1. The van der Waals surface area contributed by atoms with E-state index in [4.69, 9.17) is 9.84 Å². The first-order valence-electron chi connectivity index (χ1n) is 5.64. The lowest BCUT2D eigenvalue weighted by Gasteiger charge is -2.04. The number of hydrogen-bond donors (Lipinski definition) is 1. The highest BCUT2D eigenvalue weighted by atomic mass is 16.5. The Labute approximate surface area is 110 Å². The van der Waals surface area contributed by atoms with Gasteiger partial charge in [-0.3, -0.25) is 4.79 Å². The zero-order valence-corrected chi connectivity index (χ0v) is 10.3. The molecule has 2 rings (SSSR count). The molecule has 0 saturated heterocycles. The van der Waals surface area contributed by atoms with Crippen LogP contribution in [0.15, 0.2) is 48.5 Å². The van der Waals surface area contributed by atoms with Gasteiger partial charge in [0.15, 0.2) is 5.78 Å². The van der Waals surface area contributed by atoms with Gasteiger partial charge in [0.2, 0.25) is 0 Å². The Morgan fingerprint density at radius 3 is 2.16 bits per heavy atom. The quantitative estimate of drug-likeness (QED) is 0.854. The molecule has 19 heavy (non-hydrogen) atoms. The third kappa shape index (κ3) is 2.80. The molecule has 2 aromatic rings. The number of ketones is 1. The summed E-state index contributed by atoms with van der Waals surface area (Å²) in [5, 5.41) is 8.91. The summed E-state index contributed by atoms with van der Waals surface area (Å²) in [6.45, 7) is 0. The summed E-state index contributed by atoms with van der Waals surface area (Å²) in [4.78, 5) is 23.1. The van der Waals surface area contributed by atoms with Gasteiger partial charge in [-0.05, 0) is 24.3 Å². The van der Waals surface area contributed by atoms with Gasteiger partial charge in [0, 0.05) is 11.1 Å². The van der Waals surface area contributed by atoms with Crippen LogP contribution in [0.2, 0.25) is 0 Å². The topological polar surface area (TPSA) is 63.6 Å². The van der Waals surface area contributed by atoms with Crippen molar-refractivity contribution in [2.75, 3.05) is 7.11 Å². The highest BCUT2D eigenvalue weighted by Gasteiger charge is 2.12. The molecule has 0 heterocycles. The first-order valence-corrected chi connectivity index (χ1v) is 5.64. The van der Waals surface area contributed by atoms with Crippen LogP contribution in [-0.4, -0.2) is 24.0 Å². The minimum absolute atomic E-state index is 0.0914. The van der Waals surface area contributed by atoms with Crippen molar-refractivity contribution in [1.82, 2.24) is 0 Å². The fraction of sp³-hybridized carbons (Fsp3) is 0.0667. The standard InChI is InChI=1S/C15H12O4/c1-19-13-7-3-5-11(9-13)14(16)10-4-2-6-12(8-10)15(17)18/h2-9H,1H3,(H,17,18). The highest BCUT2D eigenvalue weighted by Crippen LogP contribution is 2.17. The first kappa shape index (κ1) is 12.8. The Balaban J connectivity index is 2.38. The van der Waals surface area contributed by atoms with Gasteiger partial charge in [-0.15, -0.1) is 0 Å². The van der Waals surface area contributed by atoms with E-state index in [1.54, 1.807) is 36.4 Å². The molecule has 0 amide bonds. The molecule has 0 radical (unpaired) electrons. The van der Waals surface area contributed by atoms with Gasteiger partial charge >= 0.3 is 5.97 Å². The van der Waals surface area contributed by atoms with Gasteiger partial charge in [-0.1, -0.05) is 24.3 Å². The minimum atomic E-state index is -1.06. The first-order chi connectivity index (χ1) is 9.11.